The van der Waals surface area contributed by atoms with Crippen LogP contribution in [0.2, 0.25) is 0 Å². The Kier molecular flexibility index (Phi) is 6.13. The zero-order valence-corrected chi connectivity index (χ0v) is 12.7. The van der Waals surface area contributed by atoms with Crippen molar-refractivity contribution in [3.8, 4) is 5.75 Å². The number of hydrogen-bond donors (Lipinski definition) is 3. The third-order valence-corrected chi connectivity index (χ3v) is 4.48. The van der Waals surface area contributed by atoms with Gasteiger partial charge in [0, 0.05) is 20.3 Å². The first-order valence-corrected chi connectivity index (χ1v) is 7.83. The van der Waals surface area contributed by atoms with Gasteiger partial charge in [0.15, 0.2) is 0 Å². The molecule has 1 aromatic carbocycles. The van der Waals surface area contributed by atoms with Crippen LogP contribution in [0.3, 0.4) is 0 Å². The minimum atomic E-state index is -3.82. The topological polar surface area (TPSA) is 113 Å². The quantitative estimate of drug-likeness (QED) is 0.619. The molecule has 0 unspecified atom stereocenters. The van der Waals surface area contributed by atoms with E-state index in [1.807, 2.05) is 0 Å². The number of aryl methyl sites for hydroxylation is 1. The summed E-state index contributed by atoms with van der Waals surface area (Å²) in [5, 5.41) is 18.4. The van der Waals surface area contributed by atoms with Gasteiger partial charge in [0.2, 0.25) is 10.0 Å². The fourth-order valence-electron chi connectivity index (χ4n) is 1.79. The highest BCUT2D eigenvalue weighted by molar-refractivity contribution is 7.89. The van der Waals surface area contributed by atoms with Crippen molar-refractivity contribution in [2.45, 2.75) is 24.7 Å². The van der Waals surface area contributed by atoms with Crippen molar-refractivity contribution >= 4 is 16.0 Å². The van der Waals surface area contributed by atoms with E-state index >= 15 is 0 Å². The Morgan fingerprint density at radius 1 is 1.33 bits per heavy atom. The normalized spacial score (nSPS) is 11.5. The molecule has 0 atom stereocenters. The van der Waals surface area contributed by atoms with Crippen LogP contribution in [-0.4, -0.2) is 44.9 Å². The van der Waals surface area contributed by atoms with E-state index in [0.29, 0.717) is 19.4 Å². The molecule has 0 saturated heterocycles. The number of carboxylic acids is 1. The molecule has 1 rings (SSSR count). The van der Waals surface area contributed by atoms with Crippen molar-refractivity contribution in [1.82, 2.24) is 4.72 Å². The van der Waals surface area contributed by atoms with Crippen molar-refractivity contribution in [2.24, 2.45) is 0 Å². The molecule has 0 heterocycles. The molecular weight excluding hydrogens is 298 g/mol. The molecule has 8 heteroatoms. The maximum absolute atomic E-state index is 12.2. The van der Waals surface area contributed by atoms with Gasteiger partial charge in [-0.15, -0.1) is 0 Å². The van der Waals surface area contributed by atoms with Crippen LogP contribution in [0.15, 0.2) is 17.0 Å². The van der Waals surface area contributed by atoms with E-state index in [9.17, 15) is 18.3 Å². The number of methoxy groups -OCH3 is 1. The van der Waals surface area contributed by atoms with Crippen LogP contribution in [0, 0.1) is 6.92 Å². The Labute approximate surface area is 123 Å². The summed E-state index contributed by atoms with van der Waals surface area (Å²) in [5.41, 5.74) is -0.165. The first-order valence-electron chi connectivity index (χ1n) is 6.35. The average molecular weight is 317 g/mol. The minimum Gasteiger partial charge on any atom is -0.507 e. The van der Waals surface area contributed by atoms with Gasteiger partial charge in [0.1, 0.15) is 11.3 Å². The van der Waals surface area contributed by atoms with E-state index < -0.39 is 27.3 Å². The van der Waals surface area contributed by atoms with Gasteiger partial charge in [0.25, 0.3) is 0 Å². The predicted molar refractivity (Wildman–Crippen MR) is 76.1 cm³/mol. The molecule has 0 amide bonds. The number of aromatic carboxylic acids is 1. The van der Waals surface area contributed by atoms with Crippen molar-refractivity contribution < 1.29 is 28.2 Å². The number of rotatable bonds is 8. The lowest BCUT2D eigenvalue weighted by Gasteiger charge is -2.11. The zero-order valence-electron chi connectivity index (χ0n) is 11.9. The molecule has 1 aromatic rings. The van der Waals surface area contributed by atoms with Crippen LogP contribution >= 0.6 is 0 Å². The number of sulfonamides is 1. The number of phenols is 1. The maximum Gasteiger partial charge on any atom is 0.339 e. The monoisotopic (exact) mass is 317 g/mol. The predicted octanol–water partition coefficient (Wildman–Crippen LogP) is 1.10. The molecule has 0 spiro atoms. The molecule has 118 valence electrons. The molecule has 0 aliphatic rings. The molecule has 0 bridgehead atoms. The average Bonchev–Trinajstić information content (AvgIpc) is 2.37. The van der Waals surface area contributed by atoms with E-state index in [4.69, 9.17) is 9.84 Å². The van der Waals surface area contributed by atoms with Crippen LogP contribution in [-0.2, 0) is 14.8 Å². The summed E-state index contributed by atoms with van der Waals surface area (Å²) in [6.45, 7) is 2.27. The molecule has 0 aliphatic heterocycles. The zero-order chi connectivity index (χ0) is 16.0. The number of carbonyl (C=O) groups is 1. The highest BCUT2D eigenvalue weighted by Gasteiger charge is 2.21. The van der Waals surface area contributed by atoms with E-state index in [-0.39, 0.29) is 17.0 Å². The van der Waals surface area contributed by atoms with Crippen molar-refractivity contribution in [1.29, 1.82) is 0 Å². The van der Waals surface area contributed by atoms with Crippen LogP contribution in [0.4, 0.5) is 0 Å². The standard InChI is InChI=1S/C13H19NO6S/c1-9-7-11(15)10(13(16)17)8-12(9)21(18,19)14-5-3-4-6-20-2/h7-8,14-15H,3-6H2,1-2H3,(H,16,17). The van der Waals surface area contributed by atoms with Gasteiger partial charge in [0.05, 0.1) is 4.90 Å². The smallest absolute Gasteiger partial charge is 0.339 e. The number of carboxylic acid groups (broad SMARTS) is 1. The second-order valence-corrected chi connectivity index (χ2v) is 6.27. The molecule has 0 aromatic heterocycles. The summed E-state index contributed by atoms with van der Waals surface area (Å²) in [5.74, 6) is -1.84. The Morgan fingerprint density at radius 3 is 2.57 bits per heavy atom. The first kappa shape index (κ1) is 17.4. The number of benzene rings is 1. The molecule has 0 saturated carbocycles. The van der Waals surface area contributed by atoms with E-state index in [1.54, 1.807) is 7.11 Å². The van der Waals surface area contributed by atoms with Crippen LogP contribution in [0.1, 0.15) is 28.8 Å². The van der Waals surface area contributed by atoms with Gasteiger partial charge in [-0.3, -0.25) is 0 Å². The van der Waals surface area contributed by atoms with Crippen LogP contribution in [0.25, 0.3) is 0 Å². The lowest BCUT2D eigenvalue weighted by Crippen LogP contribution is -2.26. The summed E-state index contributed by atoms with van der Waals surface area (Å²) in [4.78, 5) is 10.8. The minimum absolute atomic E-state index is 0.149. The van der Waals surface area contributed by atoms with Gasteiger partial charge >= 0.3 is 5.97 Å². The molecule has 21 heavy (non-hydrogen) atoms. The summed E-state index contributed by atoms with van der Waals surface area (Å²) >= 11 is 0. The summed E-state index contributed by atoms with van der Waals surface area (Å²) in [6.07, 6.45) is 1.32. The van der Waals surface area contributed by atoms with E-state index in [2.05, 4.69) is 4.72 Å². The summed E-state index contributed by atoms with van der Waals surface area (Å²) < 4.78 is 31.6. The second kappa shape index (κ2) is 7.39. The molecule has 0 fully saturated rings. The summed E-state index contributed by atoms with van der Waals surface area (Å²) in [6, 6.07) is 2.09. The summed E-state index contributed by atoms with van der Waals surface area (Å²) in [7, 11) is -2.25. The molecular formula is C13H19NO6S. The molecule has 7 nitrogen and oxygen atoms in total. The third kappa shape index (κ3) is 4.69. The van der Waals surface area contributed by atoms with Crippen molar-refractivity contribution in [2.75, 3.05) is 20.3 Å². The number of hydrogen-bond acceptors (Lipinski definition) is 5. The fourth-order valence-corrected chi connectivity index (χ4v) is 3.11. The number of nitrogens with one attached hydrogen (secondary N) is 1. The Hall–Kier alpha value is -1.64. The highest BCUT2D eigenvalue weighted by atomic mass is 32.2. The van der Waals surface area contributed by atoms with Gasteiger partial charge in [-0.2, -0.15) is 0 Å². The fraction of sp³-hybridized carbons (Fsp3) is 0.462. The SMILES string of the molecule is COCCCCNS(=O)(=O)c1cc(C(=O)O)c(O)cc1C. The molecule has 0 aliphatic carbocycles. The van der Waals surface area contributed by atoms with Crippen LogP contribution < -0.4 is 4.72 Å². The lowest BCUT2D eigenvalue weighted by atomic mass is 10.1. The number of aromatic hydroxyl groups is 1. The van der Waals surface area contributed by atoms with Crippen LogP contribution in [0.5, 0.6) is 5.75 Å². The van der Waals surface area contributed by atoms with Gasteiger partial charge in [-0.25, -0.2) is 17.9 Å². The third-order valence-electron chi connectivity index (χ3n) is 2.88. The maximum atomic E-state index is 12.2. The molecule has 3 N–H and O–H groups in total. The van der Waals surface area contributed by atoms with Gasteiger partial charge < -0.3 is 14.9 Å². The Bertz CT molecular complexity index is 611. The lowest BCUT2D eigenvalue weighted by molar-refractivity contribution is 0.0693. The largest absolute Gasteiger partial charge is 0.507 e. The number of unbranched alkanes of at least 4 members (excludes halogenated alkanes) is 1. The molecule has 0 radical (unpaired) electrons. The number of ether oxygens (including phenoxy) is 1. The first-order chi connectivity index (χ1) is 9.79. The van der Waals surface area contributed by atoms with Gasteiger partial charge in [-0.1, -0.05) is 0 Å². The van der Waals surface area contributed by atoms with Gasteiger partial charge in [-0.05, 0) is 37.5 Å². The van der Waals surface area contributed by atoms with Crippen molar-refractivity contribution in [3.05, 3.63) is 23.3 Å². The van der Waals surface area contributed by atoms with Crippen molar-refractivity contribution in [3.63, 3.8) is 0 Å². The Balaban J connectivity index is 2.92. The van der Waals surface area contributed by atoms with E-state index in [1.165, 1.54) is 6.92 Å². The second-order valence-electron chi connectivity index (χ2n) is 4.54. The highest BCUT2D eigenvalue weighted by Crippen LogP contribution is 2.25. The van der Waals surface area contributed by atoms with E-state index in [0.717, 1.165) is 12.1 Å². The Morgan fingerprint density at radius 2 is 2.00 bits per heavy atom.